The van der Waals surface area contributed by atoms with Gasteiger partial charge >= 0.3 is 0 Å². The van der Waals surface area contributed by atoms with E-state index >= 15 is 0 Å². The molecule has 1 aliphatic rings. The van der Waals surface area contributed by atoms with Crippen LogP contribution in [0.1, 0.15) is 27.6 Å². The zero-order valence-corrected chi connectivity index (χ0v) is 12.2. The topological polar surface area (TPSA) is 49.3 Å². The van der Waals surface area contributed by atoms with Crippen molar-refractivity contribution >= 4 is 23.1 Å². The fraction of sp³-hybridized carbons (Fsp3) is 0.118. The molecule has 4 heteroatoms. The molecular formula is C17H14ClNO2. The van der Waals surface area contributed by atoms with Crippen molar-refractivity contribution in [1.82, 2.24) is 0 Å². The highest BCUT2D eigenvalue weighted by molar-refractivity contribution is 6.35. The number of hydrogen-bond acceptors (Lipinski definition) is 3. The van der Waals surface area contributed by atoms with Crippen LogP contribution in [-0.4, -0.2) is 10.9 Å². The molecule has 3 rings (SSSR count). The van der Waals surface area contributed by atoms with E-state index in [1.807, 2.05) is 31.2 Å². The van der Waals surface area contributed by atoms with E-state index in [1.54, 1.807) is 24.3 Å². The number of ketones is 1. The number of anilines is 1. The number of rotatable bonds is 2. The second kappa shape index (κ2) is 5.35. The zero-order valence-electron chi connectivity index (χ0n) is 11.4. The summed E-state index contributed by atoms with van der Waals surface area (Å²) in [6.07, 6.45) is -0.978. The average Bonchev–Trinajstić information content (AvgIpc) is 2.51. The first kappa shape index (κ1) is 13.9. The van der Waals surface area contributed by atoms with Crippen LogP contribution in [0.25, 0.3) is 0 Å². The molecule has 0 saturated carbocycles. The first-order valence-electron chi connectivity index (χ1n) is 6.63. The van der Waals surface area contributed by atoms with Crippen LogP contribution in [-0.2, 0) is 0 Å². The largest absolute Gasteiger partial charge is 0.383 e. The summed E-state index contributed by atoms with van der Waals surface area (Å²) in [5.74, 6) is -0.207. The lowest BCUT2D eigenvalue weighted by molar-refractivity contribution is 0.101. The van der Waals surface area contributed by atoms with E-state index in [-0.39, 0.29) is 16.5 Å². The van der Waals surface area contributed by atoms with Gasteiger partial charge in [-0.2, -0.15) is 0 Å². The van der Waals surface area contributed by atoms with Gasteiger partial charge in [0.1, 0.15) is 11.8 Å². The number of benzene rings is 2. The number of fused-ring (bicyclic) bond motifs is 1. The second-order valence-electron chi connectivity index (χ2n) is 5.03. The maximum atomic E-state index is 12.5. The van der Waals surface area contributed by atoms with Crippen LogP contribution in [0.15, 0.2) is 59.3 Å². The molecule has 2 N–H and O–H groups in total. The lowest BCUT2D eigenvalue weighted by Crippen LogP contribution is -2.23. The fourth-order valence-corrected chi connectivity index (χ4v) is 2.61. The summed E-state index contributed by atoms with van der Waals surface area (Å²) >= 11 is 6.18. The first-order valence-corrected chi connectivity index (χ1v) is 7.01. The van der Waals surface area contributed by atoms with Gasteiger partial charge in [0, 0.05) is 11.3 Å². The Morgan fingerprint density at radius 2 is 1.76 bits per heavy atom. The van der Waals surface area contributed by atoms with E-state index in [2.05, 4.69) is 5.32 Å². The second-order valence-corrected chi connectivity index (χ2v) is 5.44. The van der Waals surface area contributed by atoms with Gasteiger partial charge in [-0.25, -0.2) is 0 Å². The summed E-state index contributed by atoms with van der Waals surface area (Å²) in [6, 6.07) is 14.6. The van der Waals surface area contributed by atoms with Crippen molar-refractivity contribution in [3.63, 3.8) is 0 Å². The molecule has 0 amide bonds. The van der Waals surface area contributed by atoms with Gasteiger partial charge < -0.3 is 10.4 Å². The van der Waals surface area contributed by atoms with Crippen molar-refractivity contribution in [3.05, 3.63) is 76.0 Å². The van der Waals surface area contributed by atoms with E-state index in [0.717, 1.165) is 11.3 Å². The number of aliphatic hydroxyl groups is 1. The number of aryl methyl sites for hydroxylation is 1. The van der Waals surface area contributed by atoms with Crippen LogP contribution >= 0.6 is 11.6 Å². The van der Waals surface area contributed by atoms with Gasteiger partial charge in [0.15, 0.2) is 0 Å². The standard InChI is InChI=1S/C17H14ClNO2/c1-10-6-8-11(9-7-10)19-15-14(18)16(20)12-4-2-3-5-13(12)17(15)21/h2-9,16,19-20H,1H3. The minimum Gasteiger partial charge on any atom is -0.383 e. The van der Waals surface area contributed by atoms with Crippen molar-refractivity contribution in [1.29, 1.82) is 0 Å². The van der Waals surface area contributed by atoms with Crippen molar-refractivity contribution in [3.8, 4) is 0 Å². The Balaban J connectivity index is 2.00. The van der Waals surface area contributed by atoms with Crippen molar-refractivity contribution in [2.75, 3.05) is 5.32 Å². The number of nitrogens with one attached hydrogen (secondary N) is 1. The summed E-state index contributed by atoms with van der Waals surface area (Å²) in [5.41, 5.74) is 3.13. The molecule has 1 atom stereocenters. The van der Waals surface area contributed by atoms with E-state index < -0.39 is 6.10 Å². The Morgan fingerprint density at radius 3 is 2.48 bits per heavy atom. The normalized spacial score (nSPS) is 17.7. The molecule has 0 fully saturated rings. The molecule has 0 radical (unpaired) electrons. The Kier molecular flexibility index (Phi) is 3.53. The summed E-state index contributed by atoms with van der Waals surface area (Å²) < 4.78 is 0. The van der Waals surface area contributed by atoms with Crippen LogP contribution in [0.5, 0.6) is 0 Å². The number of halogens is 1. The molecule has 21 heavy (non-hydrogen) atoms. The Hall–Kier alpha value is -2.10. The van der Waals surface area contributed by atoms with Crippen molar-refractivity contribution < 1.29 is 9.90 Å². The summed E-state index contributed by atoms with van der Waals surface area (Å²) in [4.78, 5) is 12.5. The third kappa shape index (κ3) is 2.46. The molecule has 0 aromatic heterocycles. The Morgan fingerprint density at radius 1 is 1.10 bits per heavy atom. The van der Waals surface area contributed by atoms with Gasteiger partial charge in [-0.15, -0.1) is 0 Å². The lowest BCUT2D eigenvalue weighted by Gasteiger charge is -2.24. The van der Waals surface area contributed by atoms with Crippen LogP contribution in [0.4, 0.5) is 5.69 Å². The molecular weight excluding hydrogens is 286 g/mol. The third-order valence-corrected chi connectivity index (χ3v) is 3.92. The number of allylic oxidation sites excluding steroid dienone is 1. The van der Waals surface area contributed by atoms with Gasteiger partial charge in [0.2, 0.25) is 5.78 Å². The number of hydrogen-bond donors (Lipinski definition) is 2. The van der Waals surface area contributed by atoms with E-state index in [1.165, 1.54) is 0 Å². The summed E-state index contributed by atoms with van der Waals surface area (Å²) in [6.45, 7) is 1.99. The summed E-state index contributed by atoms with van der Waals surface area (Å²) in [7, 11) is 0. The minimum absolute atomic E-state index is 0.124. The van der Waals surface area contributed by atoms with E-state index in [4.69, 9.17) is 11.6 Å². The quantitative estimate of drug-likeness (QED) is 0.887. The first-order chi connectivity index (χ1) is 10.1. The average molecular weight is 300 g/mol. The Labute approximate surface area is 127 Å². The zero-order chi connectivity index (χ0) is 15.0. The fourth-order valence-electron chi connectivity index (χ4n) is 2.36. The summed E-state index contributed by atoms with van der Waals surface area (Å²) in [5, 5.41) is 13.4. The highest BCUT2D eigenvalue weighted by Crippen LogP contribution is 2.36. The SMILES string of the molecule is Cc1ccc(NC2=C(Cl)C(O)c3ccccc3C2=O)cc1. The van der Waals surface area contributed by atoms with Crippen molar-refractivity contribution in [2.45, 2.75) is 13.0 Å². The molecule has 1 unspecified atom stereocenters. The maximum absolute atomic E-state index is 12.5. The van der Waals surface area contributed by atoms with Gasteiger partial charge in [-0.1, -0.05) is 53.6 Å². The lowest BCUT2D eigenvalue weighted by atomic mass is 9.91. The van der Waals surface area contributed by atoms with Gasteiger partial charge in [-0.3, -0.25) is 4.79 Å². The molecule has 0 heterocycles. The highest BCUT2D eigenvalue weighted by Gasteiger charge is 2.31. The third-order valence-electron chi connectivity index (χ3n) is 3.53. The molecule has 3 nitrogen and oxygen atoms in total. The minimum atomic E-state index is -0.978. The smallest absolute Gasteiger partial charge is 0.210 e. The van der Waals surface area contributed by atoms with Gasteiger partial charge in [0.25, 0.3) is 0 Å². The monoisotopic (exact) mass is 299 g/mol. The molecule has 0 aliphatic heterocycles. The predicted molar refractivity (Wildman–Crippen MR) is 83.4 cm³/mol. The molecule has 106 valence electrons. The predicted octanol–water partition coefficient (Wildman–Crippen LogP) is 3.79. The number of carbonyl (C=O) groups is 1. The molecule has 2 aromatic carbocycles. The molecule has 0 saturated heterocycles. The van der Waals surface area contributed by atoms with Gasteiger partial charge in [-0.05, 0) is 24.6 Å². The van der Waals surface area contributed by atoms with Crippen LogP contribution in [0.2, 0.25) is 0 Å². The van der Waals surface area contributed by atoms with Crippen molar-refractivity contribution in [2.24, 2.45) is 0 Å². The Bertz CT molecular complexity index is 735. The number of carbonyl (C=O) groups excluding carboxylic acids is 1. The van der Waals surface area contributed by atoms with Crippen LogP contribution < -0.4 is 5.32 Å². The van der Waals surface area contributed by atoms with E-state index in [0.29, 0.717) is 11.1 Å². The van der Waals surface area contributed by atoms with E-state index in [9.17, 15) is 9.90 Å². The number of aliphatic hydroxyl groups excluding tert-OH is 1. The molecule has 2 aromatic rings. The molecule has 0 spiro atoms. The highest BCUT2D eigenvalue weighted by atomic mass is 35.5. The molecule has 1 aliphatic carbocycles. The van der Waals surface area contributed by atoms with Crippen LogP contribution in [0.3, 0.4) is 0 Å². The maximum Gasteiger partial charge on any atom is 0.210 e. The van der Waals surface area contributed by atoms with Crippen LogP contribution in [0, 0.1) is 6.92 Å². The van der Waals surface area contributed by atoms with Gasteiger partial charge in [0.05, 0.1) is 5.03 Å². The molecule has 0 bridgehead atoms. The number of Topliss-reactive ketones (excluding diaryl/α,β-unsaturated/α-hetero) is 1.